The molecule has 0 aromatic rings. The van der Waals surface area contributed by atoms with Crippen molar-refractivity contribution in [3.8, 4) is 0 Å². The Bertz CT molecular complexity index is 53.7. The van der Waals surface area contributed by atoms with Crippen LogP contribution in [0.25, 0.3) is 0 Å². The van der Waals surface area contributed by atoms with Crippen molar-refractivity contribution >= 4 is 11.9 Å². The number of hydrogen-bond donors (Lipinski definition) is 2. The van der Waals surface area contributed by atoms with Crippen LogP contribution in [-0.2, 0) is 0 Å². The van der Waals surface area contributed by atoms with Crippen LogP contribution in [0.3, 0.4) is 0 Å². The van der Waals surface area contributed by atoms with Crippen LogP contribution in [-0.4, -0.2) is 24.0 Å². The highest BCUT2D eigenvalue weighted by molar-refractivity contribution is 7.97. The maximum absolute atomic E-state index is 8.51. The lowest BCUT2D eigenvalue weighted by Gasteiger charge is -1.96. The minimum atomic E-state index is 0.333. The summed E-state index contributed by atoms with van der Waals surface area (Å²) in [6.45, 7) is 1.31. The van der Waals surface area contributed by atoms with Crippen molar-refractivity contribution in [3.05, 3.63) is 0 Å². The molecule has 0 spiro atoms. The molecule has 42 valence electrons. The quantitative estimate of drug-likeness (QED) is 0.471. The van der Waals surface area contributed by atoms with Crippen molar-refractivity contribution < 1.29 is 5.11 Å². The molecular formula is C4H9NOS. The number of aliphatic hydroxyl groups excluding tert-OH is 1. The van der Waals surface area contributed by atoms with Gasteiger partial charge in [-0.1, -0.05) is 11.9 Å². The Labute approximate surface area is 47.4 Å². The van der Waals surface area contributed by atoms with Crippen LogP contribution in [0.4, 0.5) is 0 Å². The van der Waals surface area contributed by atoms with E-state index in [1.807, 2.05) is 0 Å². The van der Waals surface area contributed by atoms with Crippen LogP contribution in [0, 0.1) is 5.92 Å². The standard InChI is InChI=1S/C4H9NOS/c6-2-4-1-5-7-3-4/h4-6H,1-3H2. The van der Waals surface area contributed by atoms with Gasteiger partial charge >= 0.3 is 0 Å². The molecule has 0 bridgehead atoms. The summed E-state index contributed by atoms with van der Waals surface area (Å²) >= 11 is 1.70. The van der Waals surface area contributed by atoms with Gasteiger partial charge in [0.05, 0.1) is 0 Å². The van der Waals surface area contributed by atoms with E-state index in [-0.39, 0.29) is 0 Å². The lowest BCUT2D eigenvalue weighted by molar-refractivity contribution is 0.246. The van der Waals surface area contributed by atoms with Crippen molar-refractivity contribution in [1.29, 1.82) is 0 Å². The molecule has 1 heterocycles. The molecule has 1 aliphatic rings. The third kappa shape index (κ3) is 1.33. The Hall–Kier alpha value is 0.270. The van der Waals surface area contributed by atoms with Gasteiger partial charge in [-0.2, -0.15) is 0 Å². The monoisotopic (exact) mass is 119 g/mol. The molecule has 1 atom stereocenters. The van der Waals surface area contributed by atoms with Gasteiger partial charge in [0.15, 0.2) is 0 Å². The second-order valence-electron chi connectivity index (χ2n) is 1.71. The molecule has 1 rings (SSSR count). The average Bonchev–Trinajstić information content (AvgIpc) is 2.14. The van der Waals surface area contributed by atoms with Crippen molar-refractivity contribution in [2.75, 3.05) is 18.9 Å². The average molecular weight is 119 g/mol. The summed E-state index contributed by atoms with van der Waals surface area (Å²) in [6, 6.07) is 0. The molecule has 0 saturated carbocycles. The van der Waals surface area contributed by atoms with Gasteiger partial charge in [-0.3, -0.25) is 4.72 Å². The topological polar surface area (TPSA) is 32.3 Å². The summed E-state index contributed by atoms with van der Waals surface area (Å²) in [5, 5.41) is 8.51. The Kier molecular flexibility index (Phi) is 1.97. The fourth-order valence-corrected chi connectivity index (χ4v) is 1.46. The number of aliphatic hydroxyl groups is 1. The van der Waals surface area contributed by atoms with Crippen LogP contribution < -0.4 is 4.72 Å². The zero-order valence-corrected chi connectivity index (χ0v) is 4.87. The highest BCUT2D eigenvalue weighted by Gasteiger charge is 2.12. The van der Waals surface area contributed by atoms with Crippen LogP contribution in [0.2, 0.25) is 0 Å². The van der Waals surface area contributed by atoms with E-state index in [1.54, 1.807) is 11.9 Å². The predicted molar refractivity (Wildman–Crippen MR) is 31.0 cm³/mol. The molecule has 7 heavy (non-hydrogen) atoms. The Morgan fingerprint density at radius 3 is 3.00 bits per heavy atom. The van der Waals surface area contributed by atoms with Gasteiger partial charge in [0.2, 0.25) is 0 Å². The van der Waals surface area contributed by atoms with Gasteiger partial charge < -0.3 is 5.11 Å². The molecule has 1 unspecified atom stereocenters. The maximum atomic E-state index is 8.51. The smallest absolute Gasteiger partial charge is 0.0480 e. The molecule has 0 amide bonds. The third-order valence-electron chi connectivity index (χ3n) is 1.05. The van der Waals surface area contributed by atoms with Crippen LogP contribution >= 0.6 is 11.9 Å². The number of nitrogens with one attached hydrogen (secondary N) is 1. The molecule has 1 fully saturated rings. The molecule has 0 radical (unpaired) electrons. The Balaban J connectivity index is 2.14. The van der Waals surface area contributed by atoms with E-state index in [0.29, 0.717) is 12.5 Å². The Morgan fingerprint density at radius 2 is 2.71 bits per heavy atom. The first kappa shape index (κ1) is 5.41. The normalized spacial score (nSPS) is 31.3. The van der Waals surface area contributed by atoms with E-state index in [0.717, 1.165) is 12.3 Å². The minimum absolute atomic E-state index is 0.333. The van der Waals surface area contributed by atoms with Gasteiger partial charge in [0.1, 0.15) is 0 Å². The van der Waals surface area contributed by atoms with Crippen molar-refractivity contribution in [1.82, 2.24) is 4.72 Å². The van der Waals surface area contributed by atoms with Gasteiger partial charge in [-0.25, -0.2) is 0 Å². The first-order valence-corrected chi connectivity index (χ1v) is 3.37. The largest absolute Gasteiger partial charge is 0.396 e. The van der Waals surface area contributed by atoms with E-state index in [9.17, 15) is 0 Å². The van der Waals surface area contributed by atoms with Crippen molar-refractivity contribution in [3.63, 3.8) is 0 Å². The number of rotatable bonds is 1. The summed E-state index contributed by atoms with van der Waals surface area (Å²) in [6.07, 6.45) is 0. The molecule has 2 nitrogen and oxygen atoms in total. The second-order valence-corrected chi connectivity index (χ2v) is 2.62. The lowest BCUT2D eigenvalue weighted by Crippen LogP contribution is -2.11. The molecule has 1 saturated heterocycles. The fourth-order valence-electron chi connectivity index (χ4n) is 0.530. The van der Waals surface area contributed by atoms with E-state index < -0.39 is 0 Å². The van der Waals surface area contributed by atoms with Crippen LogP contribution in [0.5, 0.6) is 0 Å². The van der Waals surface area contributed by atoms with E-state index in [1.165, 1.54) is 0 Å². The first-order chi connectivity index (χ1) is 3.43. The minimum Gasteiger partial charge on any atom is -0.396 e. The summed E-state index contributed by atoms with van der Waals surface area (Å²) in [7, 11) is 0. The van der Waals surface area contributed by atoms with E-state index >= 15 is 0 Å². The van der Waals surface area contributed by atoms with Crippen molar-refractivity contribution in [2.24, 2.45) is 5.92 Å². The highest BCUT2D eigenvalue weighted by atomic mass is 32.2. The number of hydrogen-bond acceptors (Lipinski definition) is 3. The molecule has 3 heteroatoms. The lowest BCUT2D eigenvalue weighted by atomic mass is 10.2. The Morgan fingerprint density at radius 1 is 1.86 bits per heavy atom. The van der Waals surface area contributed by atoms with Gasteiger partial charge in [0.25, 0.3) is 0 Å². The van der Waals surface area contributed by atoms with Crippen LogP contribution in [0.15, 0.2) is 0 Å². The summed E-state index contributed by atoms with van der Waals surface area (Å²) < 4.78 is 3.08. The van der Waals surface area contributed by atoms with E-state index in [2.05, 4.69) is 4.72 Å². The zero-order chi connectivity index (χ0) is 5.11. The molecule has 2 N–H and O–H groups in total. The predicted octanol–water partition coefficient (Wildman–Crippen LogP) is -0.154. The van der Waals surface area contributed by atoms with E-state index in [4.69, 9.17) is 5.11 Å². The zero-order valence-electron chi connectivity index (χ0n) is 4.05. The van der Waals surface area contributed by atoms with Crippen LogP contribution in [0.1, 0.15) is 0 Å². The molecule has 0 aromatic carbocycles. The second kappa shape index (κ2) is 2.55. The summed E-state index contributed by atoms with van der Waals surface area (Å²) in [5.41, 5.74) is 0. The third-order valence-corrected chi connectivity index (χ3v) is 2.06. The fraction of sp³-hybridized carbons (Fsp3) is 1.00. The molecule has 1 aliphatic heterocycles. The van der Waals surface area contributed by atoms with Gasteiger partial charge in [-0.05, 0) is 0 Å². The van der Waals surface area contributed by atoms with Crippen molar-refractivity contribution in [2.45, 2.75) is 0 Å². The highest BCUT2D eigenvalue weighted by Crippen LogP contribution is 2.11. The SMILES string of the molecule is OCC1CNSC1. The molecular weight excluding hydrogens is 110 g/mol. The van der Waals surface area contributed by atoms with Gasteiger partial charge in [0, 0.05) is 24.8 Å². The van der Waals surface area contributed by atoms with Gasteiger partial charge in [-0.15, -0.1) is 0 Å². The first-order valence-electron chi connectivity index (χ1n) is 2.39. The summed E-state index contributed by atoms with van der Waals surface area (Å²) in [4.78, 5) is 0. The maximum Gasteiger partial charge on any atom is 0.0480 e. The molecule has 0 aromatic heterocycles. The molecule has 0 aliphatic carbocycles. The summed E-state index contributed by atoms with van der Waals surface area (Å²) in [5.74, 6) is 1.57.